The third-order valence-electron chi connectivity index (χ3n) is 2.67. The molecule has 2 aromatic carbocycles. The van der Waals surface area contributed by atoms with Crippen molar-refractivity contribution in [2.24, 2.45) is 0 Å². The smallest absolute Gasteiger partial charge is 0.252 e. The van der Waals surface area contributed by atoms with E-state index in [0.717, 1.165) is 22.6 Å². The minimum Gasteiger partial charge on any atom is -0.452 e. The van der Waals surface area contributed by atoms with E-state index in [4.69, 9.17) is 9.47 Å². The van der Waals surface area contributed by atoms with Crippen LogP contribution in [0.5, 0.6) is 11.5 Å². The largest absolute Gasteiger partial charge is 0.452 e. The second-order valence-corrected chi connectivity index (χ2v) is 4.68. The third-order valence-corrected chi connectivity index (χ3v) is 2.95. The van der Waals surface area contributed by atoms with Crippen LogP contribution in [0.3, 0.4) is 0 Å². The molecular formula is C15H17O2P. The van der Waals surface area contributed by atoms with Crippen LogP contribution in [0.15, 0.2) is 48.5 Å². The standard InChI is InChI=1S/C15H17O2P/c1-11-7-3-5-9-13(11)16-15(18)17-14-10-6-4-8-12(14)2/h3-10,15H,18H2,1-2H3. The Balaban J connectivity index is 2.04. The number of hydrogen-bond acceptors (Lipinski definition) is 2. The van der Waals surface area contributed by atoms with E-state index in [1.54, 1.807) is 0 Å². The highest BCUT2D eigenvalue weighted by Crippen LogP contribution is 2.24. The zero-order valence-electron chi connectivity index (χ0n) is 10.6. The Morgan fingerprint density at radius 3 is 1.56 bits per heavy atom. The minimum atomic E-state index is -0.396. The van der Waals surface area contributed by atoms with Gasteiger partial charge in [-0.25, -0.2) is 0 Å². The SMILES string of the molecule is Cc1ccccc1OC(P)Oc1ccccc1C. The first-order valence-corrected chi connectivity index (χ1v) is 6.53. The lowest BCUT2D eigenvalue weighted by Crippen LogP contribution is -2.17. The van der Waals surface area contributed by atoms with Crippen molar-refractivity contribution in [2.45, 2.75) is 19.9 Å². The Morgan fingerprint density at radius 2 is 1.17 bits per heavy atom. The molecule has 18 heavy (non-hydrogen) atoms. The van der Waals surface area contributed by atoms with Gasteiger partial charge in [-0.1, -0.05) is 36.4 Å². The Kier molecular flexibility index (Phi) is 4.22. The molecule has 2 nitrogen and oxygen atoms in total. The summed E-state index contributed by atoms with van der Waals surface area (Å²) in [5.41, 5.74) is 2.19. The molecule has 1 atom stereocenters. The summed E-state index contributed by atoms with van der Waals surface area (Å²) in [7, 11) is 2.56. The summed E-state index contributed by atoms with van der Waals surface area (Å²) < 4.78 is 11.5. The Bertz CT molecular complexity index is 478. The number of para-hydroxylation sites is 2. The van der Waals surface area contributed by atoms with E-state index in [1.807, 2.05) is 62.4 Å². The lowest BCUT2D eigenvalue weighted by atomic mass is 10.2. The second kappa shape index (κ2) is 5.88. The number of benzene rings is 2. The molecule has 1 unspecified atom stereocenters. The Hall–Kier alpha value is -1.53. The van der Waals surface area contributed by atoms with Crippen LogP contribution in [0.1, 0.15) is 11.1 Å². The van der Waals surface area contributed by atoms with Gasteiger partial charge in [0.15, 0.2) is 0 Å². The lowest BCUT2D eigenvalue weighted by molar-refractivity contribution is 0.0822. The van der Waals surface area contributed by atoms with E-state index < -0.39 is 6.03 Å². The van der Waals surface area contributed by atoms with Gasteiger partial charge in [-0.05, 0) is 46.3 Å². The minimum absolute atomic E-state index is 0.396. The fourth-order valence-corrected chi connectivity index (χ4v) is 1.94. The average molecular weight is 260 g/mol. The van der Waals surface area contributed by atoms with E-state index in [2.05, 4.69) is 9.24 Å². The van der Waals surface area contributed by atoms with E-state index in [1.165, 1.54) is 0 Å². The molecule has 0 fully saturated rings. The highest BCUT2D eigenvalue weighted by molar-refractivity contribution is 7.17. The van der Waals surface area contributed by atoms with Gasteiger partial charge in [0.2, 0.25) is 0 Å². The van der Waals surface area contributed by atoms with Crippen LogP contribution in [0.4, 0.5) is 0 Å². The highest BCUT2D eigenvalue weighted by Gasteiger charge is 2.08. The molecule has 2 aromatic rings. The van der Waals surface area contributed by atoms with Crippen LogP contribution in [0.2, 0.25) is 0 Å². The molecule has 0 aliphatic heterocycles. The van der Waals surface area contributed by atoms with E-state index >= 15 is 0 Å². The molecule has 0 aliphatic carbocycles. The van der Waals surface area contributed by atoms with Crippen molar-refractivity contribution in [3.63, 3.8) is 0 Å². The van der Waals surface area contributed by atoms with Crippen molar-refractivity contribution in [1.29, 1.82) is 0 Å². The topological polar surface area (TPSA) is 18.5 Å². The van der Waals surface area contributed by atoms with Gasteiger partial charge in [-0.15, -0.1) is 0 Å². The molecule has 0 saturated carbocycles. The molecule has 94 valence electrons. The summed E-state index contributed by atoms with van der Waals surface area (Å²) in [5, 5.41) is 0. The number of aryl methyl sites for hydroxylation is 2. The maximum atomic E-state index is 5.74. The normalized spacial score (nSPS) is 10.4. The quantitative estimate of drug-likeness (QED) is 0.612. The summed E-state index contributed by atoms with van der Waals surface area (Å²) in [4.78, 5) is 0. The van der Waals surface area contributed by atoms with Gasteiger partial charge in [0.1, 0.15) is 11.5 Å². The number of hydrogen-bond donors (Lipinski definition) is 0. The average Bonchev–Trinajstić information content (AvgIpc) is 2.35. The van der Waals surface area contributed by atoms with Crippen LogP contribution < -0.4 is 9.47 Å². The van der Waals surface area contributed by atoms with Crippen LogP contribution in [0, 0.1) is 13.8 Å². The van der Waals surface area contributed by atoms with Crippen LogP contribution in [-0.4, -0.2) is 6.03 Å². The van der Waals surface area contributed by atoms with Crippen molar-refractivity contribution < 1.29 is 9.47 Å². The summed E-state index contributed by atoms with van der Waals surface area (Å²) in [6.07, 6.45) is 0. The number of ether oxygens (including phenoxy) is 2. The molecular weight excluding hydrogens is 243 g/mol. The van der Waals surface area contributed by atoms with Gasteiger partial charge in [0.25, 0.3) is 6.03 Å². The predicted molar refractivity (Wildman–Crippen MR) is 77.1 cm³/mol. The van der Waals surface area contributed by atoms with Crippen molar-refractivity contribution >= 4 is 9.24 Å². The molecule has 0 aromatic heterocycles. The molecule has 0 amide bonds. The van der Waals surface area contributed by atoms with Crippen molar-refractivity contribution in [3.05, 3.63) is 59.7 Å². The fourth-order valence-electron chi connectivity index (χ4n) is 1.65. The molecule has 0 heterocycles. The van der Waals surface area contributed by atoms with Crippen LogP contribution >= 0.6 is 9.24 Å². The van der Waals surface area contributed by atoms with Crippen molar-refractivity contribution in [1.82, 2.24) is 0 Å². The molecule has 0 N–H and O–H groups in total. The second-order valence-electron chi connectivity index (χ2n) is 4.14. The Morgan fingerprint density at radius 1 is 0.778 bits per heavy atom. The van der Waals surface area contributed by atoms with Crippen LogP contribution in [0.25, 0.3) is 0 Å². The Labute approximate surface area is 110 Å². The van der Waals surface area contributed by atoms with Crippen molar-refractivity contribution in [2.75, 3.05) is 0 Å². The van der Waals surface area contributed by atoms with Crippen LogP contribution in [-0.2, 0) is 0 Å². The predicted octanol–water partition coefficient (Wildman–Crippen LogP) is 3.92. The maximum absolute atomic E-state index is 5.74. The fraction of sp³-hybridized carbons (Fsp3) is 0.200. The molecule has 0 spiro atoms. The van der Waals surface area contributed by atoms with E-state index in [9.17, 15) is 0 Å². The van der Waals surface area contributed by atoms with Crippen molar-refractivity contribution in [3.8, 4) is 11.5 Å². The monoisotopic (exact) mass is 260 g/mol. The third kappa shape index (κ3) is 3.24. The van der Waals surface area contributed by atoms with E-state index in [0.29, 0.717) is 0 Å². The molecule has 3 heteroatoms. The first kappa shape index (κ1) is 12.9. The van der Waals surface area contributed by atoms with Gasteiger partial charge in [-0.2, -0.15) is 0 Å². The lowest BCUT2D eigenvalue weighted by Gasteiger charge is -2.18. The van der Waals surface area contributed by atoms with Gasteiger partial charge >= 0.3 is 0 Å². The molecule has 0 aliphatic rings. The molecule has 0 bridgehead atoms. The van der Waals surface area contributed by atoms with E-state index in [-0.39, 0.29) is 0 Å². The first-order chi connectivity index (χ1) is 8.66. The highest BCUT2D eigenvalue weighted by atomic mass is 31.0. The number of rotatable bonds is 4. The zero-order valence-corrected chi connectivity index (χ0v) is 11.7. The summed E-state index contributed by atoms with van der Waals surface area (Å²) >= 11 is 0. The van der Waals surface area contributed by atoms with Gasteiger partial charge in [0.05, 0.1) is 0 Å². The molecule has 0 radical (unpaired) electrons. The molecule has 0 saturated heterocycles. The summed E-state index contributed by atoms with van der Waals surface area (Å²) in [6.45, 7) is 4.03. The molecule has 2 rings (SSSR count). The summed E-state index contributed by atoms with van der Waals surface area (Å²) in [5.74, 6) is 1.68. The zero-order chi connectivity index (χ0) is 13.0. The van der Waals surface area contributed by atoms with Gasteiger partial charge < -0.3 is 9.47 Å². The summed E-state index contributed by atoms with van der Waals surface area (Å²) in [6, 6.07) is 15.4. The maximum Gasteiger partial charge on any atom is 0.252 e. The van der Waals surface area contributed by atoms with Gasteiger partial charge in [0, 0.05) is 0 Å². The first-order valence-electron chi connectivity index (χ1n) is 5.87. The van der Waals surface area contributed by atoms with Gasteiger partial charge in [-0.3, -0.25) is 0 Å².